The van der Waals surface area contributed by atoms with Crippen LogP contribution in [-0.4, -0.2) is 37.7 Å². The molecular formula is C18H18ClN3O4S. The molecule has 0 aliphatic carbocycles. The Morgan fingerprint density at radius 2 is 1.96 bits per heavy atom. The molecule has 142 valence electrons. The molecule has 0 bridgehead atoms. The molecule has 0 unspecified atom stereocenters. The maximum Gasteiger partial charge on any atom is 0.257 e. The maximum atomic E-state index is 12.6. The number of halogens is 1. The third kappa shape index (κ3) is 3.83. The van der Waals surface area contributed by atoms with Crippen molar-refractivity contribution in [3.05, 3.63) is 52.9 Å². The second-order valence-corrected chi connectivity index (χ2v) is 8.59. The van der Waals surface area contributed by atoms with E-state index in [4.69, 9.17) is 16.0 Å². The van der Waals surface area contributed by atoms with Crippen molar-refractivity contribution in [3.63, 3.8) is 0 Å². The predicted molar refractivity (Wildman–Crippen MR) is 104 cm³/mol. The number of hydrogen-bond acceptors (Lipinski definition) is 5. The summed E-state index contributed by atoms with van der Waals surface area (Å²) in [5.41, 5.74) is 1.82. The highest BCUT2D eigenvalue weighted by molar-refractivity contribution is 7.89. The molecular weight excluding hydrogens is 390 g/mol. The molecule has 27 heavy (non-hydrogen) atoms. The normalized spacial score (nSPS) is 11.9. The zero-order valence-electron chi connectivity index (χ0n) is 15.0. The van der Waals surface area contributed by atoms with Crippen LogP contribution in [-0.2, 0) is 16.4 Å². The molecule has 0 radical (unpaired) electrons. The largest absolute Gasteiger partial charge is 0.441 e. The first-order valence-electron chi connectivity index (χ1n) is 8.15. The van der Waals surface area contributed by atoms with E-state index >= 15 is 0 Å². The molecule has 7 nitrogen and oxygen atoms in total. The highest BCUT2D eigenvalue weighted by Gasteiger charge is 2.21. The molecule has 3 rings (SSSR count). The number of sulfonamides is 1. The maximum absolute atomic E-state index is 12.6. The highest BCUT2D eigenvalue weighted by atomic mass is 35.5. The average Bonchev–Trinajstić information content (AvgIpc) is 3.04. The van der Waals surface area contributed by atoms with Gasteiger partial charge in [0, 0.05) is 26.2 Å². The number of aromatic nitrogens is 1. The van der Waals surface area contributed by atoms with Gasteiger partial charge >= 0.3 is 0 Å². The van der Waals surface area contributed by atoms with Gasteiger partial charge in [-0.2, -0.15) is 0 Å². The Morgan fingerprint density at radius 3 is 2.63 bits per heavy atom. The van der Waals surface area contributed by atoms with Crippen molar-refractivity contribution < 1.29 is 17.6 Å². The van der Waals surface area contributed by atoms with Crippen molar-refractivity contribution >= 4 is 44.3 Å². The fraction of sp³-hybridized carbons (Fsp3) is 0.222. The molecule has 0 aliphatic heterocycles. The summed E-state index contributed by atoms with van der Waals surface area (Å²) in [4.78, 5) is 16.9. The number of nitrogens with zero attached hydrogens (tertiary/aromatic N) is 2. The van der Waals surface area contributed by atoms with Gasteiger partial charge in [0.2, 0.25) is 10.0 Å². The summed E-state index contributed by atoms with van der Waals surface area (Å²) in [6.07, 6.45) is 0.666. The van der Waals surface area contributed by atoms with E-state index in [9.17, 15) is 13.2 Å². The second kappa shape index (κ2) is 7.30. The Bertz CT molecular complexity index is 1120. The third-order valence-electron chi connectivity index (χ3n) is 3.95. The number of fused-ring (bicyclic) bond motifs is 1. The van der Waals surface area contributed by atoms with Crippen LogP contribution in [0.2, 0.25) is 5.02 Å². The molecule has 2 aromatic carbocycles. The van der Waals surface area contributed by atoms with E-state index in [1.807, 2.05) is 6.92 Å². The van der Waals surface area contributed by atoms with Crippen LogP contribution >= 0.6 is 11.6 Å². The minimum atomic E-state index is -3.68. The van der Waals surface area contributed by atoms with Gasteiger partial charge in [-0.25, -0.2) is 17.7 Å². The molecule has 0 fully saturated rings. The lowest BCUT2D eigenvalue weighted by atomic mass is 10.2. The molecule has 1 amide bonds. The first kappa shape index (κ1) is 19.3. The first-order valence-corrected chi connectivity index (χ1v) is 9.97. The fourth-order valence-corrected chi connectivity index (χ4v) is 3.58. The van der Waals surface area contributed by atoms with Gasteiger partial charge in [-0.1, -0.05) is 18.5 Å². The number of benzene rings is 2. The molecule has 3 aromatic rings. The Balaban J connectivity index is 1.92. The van der Waals surface area contributed by atoms with Crippen LogP contribution in [0.25, 0.3) is 11.1 Å². The van der Waals surface area contributed by atoms with Gasteiger partial charge in [0.25, 0.3) is 5.91 Å². The molecule has 0 atom stereocenters. The van der Waals surface area contributed by atoms with Crippen LogP contribution in [0.1, 0.15) is 23.2 Å². The summed E-state index contributed by atoms with van der Waals surface area (Å²) >= 11 is 6.11. The minimum absolute atomic E-state index is 0.0124. The standard InChI is InChI=1S/C18H18ClN3O4S/c1-4-17-21-15-9-11(5-8-16(15)26-17)20-18(23)13-10-12(6-7-14(13)19)27(24,25)22(2)3/h5-10H,4H2,1-3H3,(H,20,23). The van der Waals surface area contributed by atoms with Crippen LogP contribution in [0.3, 0.4) is 0 Å². The summed E-state index contributed by atoms with van der Waals surface area (Å²) in [5, 5.41) is 2.87. The van der Waals surface area contributed by atoms with E-state index in [-0.39, 0.29) is 15.5 Å². The molecule has 0 saturated carbocycles. The van der Waals surface area contributed by atoms with Crippen LogP contribution in [0, 0.1) is 0 Å². The Morgan fingerprint density at radius 1 is 1.22 bits per heavy atom. The zero-order valence-corrected chi connectivity index (χ0v) is 16.6. The third-order valence-corrected chi connectivity index (χ3v) is 6.09. The zero-order chi connectivity index (χ0) is 19.8. The van der Waals surface area contributed by atoms with Gasteiger partial charge < -0.3 is 9.73 Å². The minimum Gasteiger partial charge on any atom is -0.441 e. The lowest BCUT2D eigenvalue weighted by Crippen LogP contribution is -2.23. The number of rotatable bonds is 5. The van der Waals surface area contributed by atoms with Crippen molar-refractivity contribution in [2.75, 3.05) is 19.4 Å². The van der Waals surface area contributed by atoms with E-state index < -0.39 is 15.9 Å². The molecule has 9 heteroatoms. The fourth-order valence-electron chi connectivity index (χ4n) is 2.45. The number of carbonyl (C=O) groups excluding carboxylic acids is 1. The number of aryl methyl sites for hydroxylation is 1. The van der Waals surface area contributed by atoms with Gasteiger partial charge in [-0.15, -0.1) is 0 Å². The quantitative estimate of drug-likeness (QED) is 0.698. The van der Waals surface area contributed by atoms with Crippen molar-refractivity contribution in [1.29, 1.82) is 0 Å². The molecule has 0 saturated heterocycles. The van der Waals surface area contributed by atoms with E-state index in [0.29, 0.717) is 29.1 Å². The van der Waals surface area contributed by atoms with Gasteiger partial charge in [-0.3, -0.25) is 4.79 Å². The summed E-state index contributed by atoms with van der Waals surface area (Å²) in [5.74, 6) is 0.0903. The van der Waals surface area contributed by atoms with Crippen molar-refractivity contribution in [3.8, 4) is 0 Å². The molecule has 1 aromatic heterocycles. The van der Waals surface area contributed by atoms with Gasteiger partial charge in [0.05, 0.1) is 15.5 Å². The van der Waals surface area contributed by atoms with Crippen molar-refractivity contribution in [2.24, 2.45) is 0 Å². The van der Waals surface area contributed by atoms with Gasteiger partial charge in [0.1, 0.15) is 5.52 Å². The van der Waals surface area contributed by atoms with Crippen molar-refractivity contribution in [1.82, 2.24) is 9.29 Å². The number of anilines is 1. The monoisotopic (exact) mass is 407 g/mol. The van der Waals surface area contributed by atoms with Crippen LogP contribution in [0.5, 0.6) is 0 Å². The number of hydrogen-bond donors (Lipinski definition) is 1. The smallest absolute Gasteiger partial charge is 0.257 e. The Labute approximate surface area is 162 Å². The molecule has 0 spiro atoms. The van der Waals surface area contributed by atoms with E-state index in [1.54, 1.807) is 18.2 Å². The van der Waals surface area contributed by atoms with Gasteiger partial charge in [0.15, 0.2) is 11.5 Å². The summed E-state index contributed by atoms with van der Waals surface area (Å²) < 4.78 is 31.2. The number of carbonyl (C=O) groups is 1. The van der Waals surface area contributed by atoms with Crippen LogP contribution in [0.4, 0.5) is 5.69 Å². The lowest BCUT2D eigenvalue weighted by molar-refractivity contribution is 0.102. The summed E-state index contributed by atoms with van der Waals surface area (Å²) in [6, 6.07) is 9.09. The van der Waals surface area contributed by atoms with Crippen LogP contribution in [0.15, 0.2) is 45.7 Å². The number of nitrogens with one attached hydrogen (secondary N) is 1. The molecule has 1 heterocycles. The molecule has 1 N–H and O–H groups in total. The molecule has 0 aliphatic rings. The highest BCUT2D eigenvalue weighted by Crippen LogP contribution is 2.25. The summed E-state index contributed by atoms with van der Waals surface area (Å²) in [6.45, 7) is 1.93. The van der Waals surface area contributed by atoms with E-state index in [0.717, 1.165) is 4.31 Å². The van der Waals surface area contributed by atoms with Crippen molar-refractivity contribution in [2.45, 2.75) is 18.2 Å². The SMILES string of the molecule is CCc1nc2cc(NC(=O)c3cc(S(=O)(=O)N(C)C)ccc3Cl)ccc2o1. The predicted octanol–water partition coefficient (Wildman–Crippen LogP) is 3.55. The average molecular weight is 408 g/mol. The first-order chi connectivity index (χ1) is 12.7. The second-order valence-electron chi connectivity index (χ2n) is 6.03. The van der Waals surface area contributed by atoms with Gasteiger partial charge in [-0.05, 0) is 36.4 Å². The van der Waals surface area contributed by atoms with E-state index in [2.05, 4.69) is 10.3 Å². The lowest BCUT2D eigenvalue weighted by Gasteiger charge is -2.13. The Kier molecular flexibility index (Phi) is 5.23. The topological polar surface area (TPSA) is 92.5 Å². The number of oxazole rings is 1. The van der Waals surface area contributed by atoms with E-state index in [1.165, 1.54) is 32.3 Å². The summed E-state index contributed by atoms with van der Waals surface area (Å²) in [7, 11) is -0.843. The number of amides is 1. The van der Waals surface area contributed by atoms with Crippen LogP contribution < -0.4 is 5.32 Å². The Hall–Kier alpha value is -2.42.